The first-order valence-electron chi connectivity index (χ1n) is 11.5. The number of aryl methyl sites for hydroxylation is 1. The molecule has 1 atom stereocenters. The average Bonchev–Trinajstić information content (AvgIpc) is 2.71. The van der Waals surface area contributed by atoms with Crippen LogP contribution in [0.5, 0.6) is 0 Å². The van der Waals surface area contributed by atoms with Gasteiger partial charge in [-0.2, -0.15) is 0 Å². The zero-order valence-corrected chi connectivity index (χ0v) is 19.0. The molecule has 1 aromatic carbocycles. The lowest BCUT2D eigenvalue weighted by molar-refractivity contribution is -0.114. The van der Waals surface area contributed by atoms with Crippen LogP contribution in [0, 0.1) is 5.92 Å². The minimum atomic E-state index is -0.0223. The number of piperidine rings is 1. The molecule has 6 nitrogen and oxygen atoms in total. The van der Waals surface area contributed by atoms with Gasteiger partial charge in [0.15, 0.2) is 0 Å². The first-order chi connectivity index (χ1) is 14.4. The van der Waals surface area contributed by atoms with Crippen LogP contribution in [0.25, 0.3) is 0 Å². The zero-order chi connectivity index (χ0) is 21.7. The van der Waals surface area contributed by atoms with Crippen molar-refractivity contribution in [2.24, 2.45) is 5.92 Å². The number of amides is 3. The summed E-state index contributed by atoms with van der Waals surface area (Å²) in [5.74, 6) is 0.631. The summed E-state index contributed by atoms with van der Waals surface area (Å²) in [6.07, 6.45) is 5.50. The van der Waals surface area contributed by atoms with Crippen molar-refractivity contribution in [1.29, 1.82) is 0 Å². The van der Waals surface area contributed by atoms with Gasteiger partial charge >= 0.3 is 6.03 Å². The Morgan fingerprint density at radius 3 is 2.53 bits per heavy atom. The molecule has 2 N–H and O–H groups in total. The molecule has 1 unspecified atom stereocenters. The van der Waals surface area contributed by atoms with Crippen LogP contribution in [0.3, 0.4) is 0 Å². The molecular weight excluding hydrogens is 376 g/mol. The number of likely N-dealkylation sites (tertiary alicyclic amines) is 1. The fraction of sp³-hybridized carbons (Fsp3) is 0.667. The van der Waals surface area contributed by atoms with E-state index in [2.05, 4.69) is 34.6 Å². The van der Waals surface area contributed by atoms with Gasteiger partial charge in [0.1, 0.15) is 0 Å². The second-order valence-corrected chi connectivity index (χ2v) is 9.18. The molecule has 1 saturated heterocycles. The predicted octanol–water partition coefficient (Wildman–Crippen LogP) is 3.65. The first-order valence-corrected chi connectivity index (χ1v) is 11.5. The third kappa shape index (κ3) is 5.97. The molecule has 1 aliphatic heterocycles. The van der Waals surface area contributed by atoms with Gasteiger partial charge in [-0.1, -0.05) is 13.0 Å². The quantitative estimate of drug-likeness (QED) is 0.747. The highest BCUT2D eigenvalue weighted by molar-refractivity contribution is 5.88. The number of nitrogens with zero attached hydrogens (tertiary/aromatic N) is 2. The average molecular weight is 415 g/mol. The van der Waals surface area contributed by atoms with Crippen LogP contribution in [-0.4, -0.2) is 60.0 Å². The highest BCUT2D eigenvalue weighted by Gasteiger charge is 2.28. The normalized spacial score (nSPS) is 19.7. The molecule has 0 bridgehead atoms. The Hall–Kier alpha value is -2.08. The van der Waals surface area contributed by atoms with Gasteiger partial charge in [-0.15, -0.1) is 0 Å². The Bertz CT molecular complexity index is 741. The molecule has 1 fully saturated rings. The Balaban J connectivity index is 1.55. The Morgan fingerprint density at radius 1 is 1.17 bits per heavy atom. The summed E-state index contributed by atoms with van der Waals surface area (Å²) in [4.78, 5) is 28.2. The van der Waals surface area contributed by atoms with Crippen molar-refractivity contribution in [3.8, 4) is 0 Å². The maximum atomic E-state index is 12.2. The Morgan fingerprint density at radius 2 is 1.90 bits per heavy atom. The van der Waals surface area contributed by atoms with E-state index in [0.717, 1.165) is 57.5 Å². The summed E-state index contributed by atoms with van der Waals surface area (Å²) in [6.45, 7) is 11.7. The van der Waals surface area contributed by atoms with Crippen LogP contribution in [0.2, 0.25) is 0 Å². The summed E-state index contributed by atoms with van der Waals surface area (Å²) >= 11 is 0. The van der Waals surface area contributed by atoms with Crippen molar-refractivity contribution in [3.63, 3.8) is 0 Å². The summed E-state index contributed by atoms with van der Waals surface area (Å²) in [5.41, 5.74) is 3.69. The van der Waals surface area contributed by atoms with Gasteiger partial charge in [0.25, 0.3) is 0 Å². The van der Waals surface area contributed by atoms with Gasteiger partial charge in [0, 0.05) is 44.3 Å². The lowest BCUT2D eigenvalue weighted by Crippen LogP contribution is -2.48. The summed E-state index contributed by atoms with van der Waals surface area (Å²) in [7, 11) is 0. The van der Waals surface area contributed by atoms with E-state index in [-0.39, 0.29) is 18.0 Å². The van der Waals surface area contributed by atoms with Gasteiger partial charge in [-0.05, 0) is 81.7 Å². The highest BCUT2D eigenvalue weighted by Crippen LogP contribution is 2.29. The second-order valence-electron chi connectivity index (χ2n) is 9.18. The highest BCUT2D eigenvalue weighted by atomic mass is 16.2. The number of rotatable bonds is 6. The first kappa shape index (κ1) is 22.6. The van der Waals surface area contributed by atoms with E-state index < -0.39 is 0 Å². The van der Waals surface area contributed by atoms with E-state index >= 15 is 0 Å². The van der Waals surface area contributed by atoms with Gasteiger partial charge in [0.05, 0.1) is 0 Å². The number of anilines is 1. The fourth-order valence-electron chi connectivity index (χ4n) is 4.86. The van der Waals surface area contributed by atoms with E-state index in [1.807, 2.05) is 24.8 Å². The molecule has 1 aliphatic carbocycles. The molecular formula is C24H38N4O2. The van der Waals surface area contributed by atoms with Crippen LogP contribution in [0.15, 0.2) is 18.2 Å². The van der Waals surface area contributed by atoms with Crippen LogP contribution in [0.4, 0.5) is 10.5 Å². The minimum absolute atomic E-state index is 0.0223. The van der Waals surface area contributed by atoms with Crippen molar-refractivity contribution < 1.29 is 9.59 Å². The SMILES string of the molecule is CCN(CC1CCN(C(=O)NC(C)C)CC1)C1CCc2ccc(NC(C)=O)cc2C1. The molecule has 2 aliphatic rings. The van der Waals surface area contributed by atoms with E-state index in [1.54, 1.807) is 6.92 Å². The predicted molar refractivity (Wildman–Crippen MR) is 122 cm³/mol. The van der Waals surface area contributed by atoms with E-state index in [1.165, 1.54) is 17.5 Å². The number of likely N-dealkylation sites (N-methyl/N-ethyl adjacent to an activating group) is 1. The third-order valence-electron chi connectivity index (χ3n) is 6.46. The summed E-state index contributed by atoms with van der Waals surface area (Å²) in [5, 5.41) is 5.92. The molecule has 0 aromatic heterocycles. The number of fused-ring (bicyclic) bond motifs is 1. The van der Waals surface area contributed by atoms with Crippen molar-refractivity contribution in [2.75, 3.05) is 31.5 Å². The molecule has 3 rings (SSSR count). The molecule has 166 valence electrons. The summed E-state index contributed by atoms with van der Waals surface area (Å²) < 4.78 is 0. The monoisotopic (exact) mass is 414 g/mol. The lowest BCUT2D eigenvalue weighted by Gasteiger charge is -2.39. The molecule has 0 radical (unpaired) electrons. The number of carbonyl (C=O) groups is 2. The number of carbonyl (C=O) groups excluding carboxylic acids is 2. The maximum Gasteiger partial charge on any atom is 0.317 e. The van der Waals surface area contributed by atoms with Gasteiger partial charge in [-0.3, -0.25) is 4.79 Å². The lowest BCUT2D eigenvalue weighted by atomic mass is 9.86. The third-order valence-corrected chi connectivity index (χ3v) is 6.46. The van der Waals surface area contributed by atoms with Crippen molar-refractivity contribution >= 4 is 17.6 Å². The fourth-order valence-corrected chi connectivity index (χ4v) is 4.86. The zero-order valence-electron chi connectivity index (χ0n) is 19.0. The number of hydrogen-bond acceptors (Lipinski definition) is 3. The van der Waals surface area contributed by atoms with Crippen LogP contribution >= 0.6 is 0 Å². The van der Waals surface area contributed by atoms with Crippen LogP contribution < -0.4 is 10.6 Å². The molecule has 1 heterocycles. The largest absolute Gasteiger partial charge is 0.336 e. The van der Waals surface area contributed by atoms with Crippen molar-refractivity contribution in [1.82, 2.24) is 15.1 Å². The van der Waals surface area contributed by atoms with E-state index in [4.69, 9.17) is 0 Å². The molecule has 0 spiro atoms. The Labute approximate surface area is 181 Å². The topological polar surface area (TPSA) is 64.7 Å². The smallest absolute Gasteiger partial charge is 0.317 e. The maximum absolute atomic E-state index is 12.2. The number of hydrogen-bond donors (Lipinski definition) is 2. The number of nitrogens with one attached hydrogen (secondary N) is 2. The number of benzene rings is 1. The standard InChI is InChI=1S/C24H38N4O2/c1-5-27(16-19-10-12-28(13-11-19)24(30)25-17(2)3)23-9-7-20-6-8-22(26-18(4)29)14-21(20)15-23/h6,8,14,17,19,23H,5,7,9-13,15-16H2,1-4H3,(H,25,30)(H,26,29). The molecule has 30 heavy (non-hydrogen) atoms. The van der Waals surface area contributed by atoms with E-state index in [9.17, 15) is 9.59 Å². The summed E-state index contributed by atoms with van der Waals surface area (Å²) in [6, 6.07) is 7.16. The van der Waals surface area contributed by atoms with Crippen LogP contribution in [0.1, 0.15) is 58.1 Å². The van der Waals surface area contributed by atoms with Gasteiger partial charge < -0.3 is 20.4 Å². The van der Waals surface area contributed by atoms with Crippen molar-refractivity contribution in [2.45, 2.75) is 71.9 Å². The van der Waals surface area contributed by atoms with E-state index in [0.29, 0.717) is 12.0 Å². The second kappa shape index (κ2) is 10.3. The molecule has 1 aromatic rings. The molecule has 3 amide bonds. The van der Waals surface area contributed by atoms with Gasteiger partial charge in [0.2, 0.25) is 5.91 Å². The Kier molecular flexibility index (Phi) is 7.75. The van der Waals surface area contributed by atoms with Gasteiger partial charge in [-0.25, -0.2) is 4.79 Å². The number of urea groups is 1. The van der Waals surface area contributed by atoms with Crippen LogP contribution in [-0.2, 0) is 17.6 Å². The van der Waals surface area contributed by atoms with Crippen molar-refractivity contribution in [3.05, 3.63) is 29.3 Å². The molecule has 0 saturated carbocycles. The minimum Gasteiger partial charge on any atom is -0.336 e. The molecule has 6 heteroatoms.